The van der Waals surface area contributed by atoms with E-state index in [1.54, 1.807) is 21.3 Å². The molecule has 0 aliphatic heterocycles. The monoisotopic (exact) mass is 383 g/mol. The van der Waals surface area contributed by atoms with Gasteiger partial charge in [0.2, 0.25) is 5.75 Å². The Labute approximate surface area is 164 Å². The SMILES string of the molecule is CC/C=C\Cn1c(Cc2cc(OC)c(OC)c(OC)c2)nc2c(N)ncnc21. The maximum absolute atomic E-state index is 6.01. The summed E-state index contributed by atoms with van der Waals surface area (Å²) in [5.74, 6) is 2.96. The standard InChI is InChI=1S/C20H25N5O3/c1-5-6-7-8-25-16(24-17-19(21)22-12-23-20(17)25)11-13-9-14(26-2)18(28-4)15(10-13)27-3/h6-7,9-10,12H,5,8,11H2,1-4H3,(H2,21,22,23)/b7-6-. The van der Waals surface area contributed by atoms with Gasteiger partial charge in [-0.15, -0.1) is 0 Å². The third-order valence-electron chi connectivity index (χ3n) is 4.42. The molecule has 8 heteroatoms. The molecule has 0 saturated heterocycles. The van der Waals surface area contributed by atoms with Crippen molar-refractivity contribution in [2.75, 3.05) is 27.1 Å². The Hall–Kier alpha value is -3.29. The molecule has 2 aromatic heterocycles. The number of hydrogen-bond donors (Lipinski definition) is 1. The Kier molecular flexibility index (Phi) is 5.98. The van der Waals surface area contributed by atoms with E-state index in [2.05, 4.69) is 29.0 Å². The van der Waals surface area contributed by atoms with Crippen molar-refractivity contribution in [3.8, 4) is 17.2 Å². The number of ether oxygens (including phenoxy) is 3. The van der Waals surface area contributed by atoms with Crippen LogP contribution in [0.25, 0.3) is 11.2 Å². The first-order chi connectivity index (χ1) is 13.6. The van der Waals surface area contributed by atoms with Gasteiger partial charge in [0.15, 0.2) is 28.5 Å². The molecule has 0 unspecified atom stereocenters. The lowest BCUT2D eigenvalue weighted by atomic mass is 10.1. The number of benzene rings is 1. The van der Waals surface area contributed by atoms with E-state index in [1.165, 1.54) is 6.33 Å². The van der Waals surface area contributed by atoms with Gasteiger partial charge in [0.05, 0.1) is 21.3 Å². The first-order valence-corrected chi connectivity index (χ1v) is 9.02. The van der Waals surface area contributed by atoms with Crippen LogP contribution in [0.1, 0.15) is 24.7 Å². The summed E-state index contributed by atoms with van der Waals surface area (Å²) in [5.41, 5.74) is 8.31. The van der Waals surface area contributed by atoms with E-state index in [0.717, 1.165) is 23.5 Å². The minimum Gasteiger partial charge on any atom is -0.493 e. The predicted molar refractivity (Wildman–Crippen MR) is 108 cm³/mol. The van der Waals surface area contributed by atoms with Gasteiger partial charge < -0.3 is 24.5 Å². The van der Waals surface area contributed by atoms with Crippen LogP contribution in [0.3, 0.4) is 0 Å². The quantitative estimate of drug-likeness (QED) is 0.597. The molecule has 0 aliphatic carbocycles. The Bertz CT molecular complexity index is 972. The van der Waals surface area contributed by atoms with Gasteiger partial charge in [0.1, 0.15) is 12.2 Å². The van der Waals surface area contributed by atoms with Gasteiger partial charge in [-0.3, -0.25) is 0 Å². The second-order valence-corrected chi connectivity index (χ2v) is 6.16. The first kappa shape index (κ1) is 19.5. The maximum Gasteiger partial charge on any atom is 0.203 e. The number of allylic oxidation sites excluding steroid dienone is 2. The normalized spacial score (nSPS) is 11.3. The number of anilines is 1. The van der Waals surface area contributed by atoms with Crippen LogP contribution >= 0.6 is 0 Å². The number of hydrogen-bond acceptors (Lipinski definition) is 7. The minimum absolute atomic E-state index is 0.370. The van der Waals surface area contributed by atoms with Gasteiger partial charge in [0, 0.05) is 13.0 Å². The average molecular weight is 383 g/mol. The van der Waals surface area contributed by atoms with Gasteiger partial charge >= 0.3 is 0 Å². The third kappa shape index (κ3) is 3.71. The summed E-state index contributed by atoms with van der Waals surface area (Å²) in [7, 11) is 4.78. The topological polar surface area (TPSA) is 97.3 Å². The lowest BCUT2D eigenvalue weighted by Crippen LogP contribution is -2.05. The molecule has 8 nitrogen and oxygen atoms in total. The molecule has 1 aromatic carbocycles. The zero-order valence-corrected chi connectivity index (χ0v) is 16.6. The number of aromatic nitrogens is 4. The molecule has 148 valence electrons. The van der Waals surface area contributed by atoms with Gasteiger partial charge in [-0.1, -0.05) is 19.1 Å². The van der Waals surface area contributed by atoms with Gasteiger partial charge in [0.25, 0.3) is 0 Å². The highest BCUT2D eigenvalue weighted by atomic mass is 16.5. The van der Waals surface area contributed by atoms with Crippen LogP contribution in [0, 0.1) is 0 Å². The van der Waals surface area contributed by atoms with E-state index in [-0.39, 0.29) is 0 Å². The summed E-state index contributed by atoms with van der Waals surface area (Å²) in [5, 5.41) is 0. The fourth-order valence-electron chi connectivity index (χ4n) is 3.09. The lowest BCUT2D eigenvalue weighted by Gasteiger charge is -2.14. The maximum atomic E-state index is 6.01. The number of nitrogens with zero attached hydrogens (tertiary/aromatic N) is 4. The summed E-state index contributed by atoms with van der Waals surface area (Å²) in [4.78, 5) is 13.1. The number of methoxy groups -OCH3 is 3. The van der Waals surface area contributed by atoms with Gasteiger partial charge in [-0.25, -0.2) is 15.0 Å². The molecule has 0 saturated carbocycles. The Morgan fingerprint density at radius 3 is 2.36 bits per heavy atom. The van der Waals surface area contributed by atoms with Crippen LogP contribution in [0.15, 0.2) is 30.6 Å². The minimum atomic E-state index is 0.370. The number of rotatable bonds is 8. The van der Waals surface area contributed by atoms with Crippen molar-refractivity contribution in [3.63, 3.8) is 0 Å². The summed E-state index contributed by atoms with van der Waals surface area (Å²) in [6.45, 7) is 2.75. The number of fused-ring (bicyclic) bond motifs is 1. The van der Waals surface area contributed by atoms with Crippen LogP contribution in [-0.2, 0) is 13.0 Å². The first-order valence-electron chi connectivity index (χ1n) is 9.02. The van der Waals surface area contributed by atoms with Crippen molar-refractivity contribution in [1.82, 2.24) is 19.5 Å². The fraction of sp³-hybridized carbons (Fsp3) is 0.350. The van der Waals surface area contributed by atoms with Gasteiger partial charge in [-0.2, -0.15) is 0 Å². The molecule has 0 spiro atoms. The van der Waals surface area contributed by atoms with E-state index < -0.39 is 0 Å². The van der Waals surface area contributed by atoms with E-state index in [9.17, 15) is 0 Å². The zero-order chi connectivity index (χ0) is 20.1. The molecule has 0 radical (unpaired) electrons. The molecule has 2 heterocycles. The lowest BCUT2D eigenvalue weighted by molar-refractivity contribution is 0.324. The largest absolute Gasteiger partial charge is 0.493 e. The number of nitrogen functional groups attached to an aromatic ring is 1. The summed E-state index contributed by atoms with van der Waals surface area (Å²) in [6, 6.07) is 3.84. The molecular formula is C20H25N5O3. The highest BCUT2D eigenvalue weighted by molar-refractivity contribution is 5.82. The molecule has 0 atom stereocenters. The van der Waals surface area contributed by atoms with Crippen molar-refractivity contribution < 1.29 is 14.2 Å². The summed E-state index contributed by atoms with van der Waals surface area (Å²) < 4.78 is 18.4. The Morgan fingerprint density at radius 1 is 1.04 bits per heavy atom. The van der Waals surface area contributed by atoms with Crippen LogP contribution in [0.4, 0.5) is 5.82 Å². The van der Waals surface area contributed by atoms with E-state index in [0.29, 0.717) is 41.5 Å². The smallest absolute Gasteiger partial charge is 0.203 e. The second kappa shape index (κ2) is 8.60. The van der Waals surface area contributed by atoms with Crippen molar-refractivity contribution in [1.29, 1.82) is 0 Å². The van der Waals surface area contributed by atoms with Crippen LogP contribution in [-0.4, -0.2) is 40.8 Å². The van der Waals surface area contributed by atoms with Gasteiger partial charge in [-0.05, 0) is 24.1 Å². The number of imidazole rings is 1. The Balaban J connectivity index is 2.07. The molecule has 0 bridgehead atoms. The van der Waals surface area contributed by atoms with Crippen LogP contribution < -0.4 is 19.9 Å². The summed E-state index contributed by atoms with van der Waals surface area (Å²) >= 11 is 0. The van der Waals surface area contributed by atoms with E-state index in [1.807, 2.05) is 16.7 Å². The van der Waals surface area contributed by atoms with Crippen LogP contribution in [0.5, 0.6) is 17.2 Å². The Morgan fingerprint density at radius 2 is 1.75 bits per heavy atom. The molecule has 28 heavy (non-hydrogen) atoms. The number of nitrogens with two attached hydrogens (primary N) is 1. The zero-order valence-electron chi connectivity index (χ0n) is 16.6. The van der Waals surface area contributed by atoms with Crippen molar-refractivity contribution in [2.24, 2.45) is 0 Å². The highest BCUT2D eigenvalue weighted by Crippen LogP contribution is 2.38. The predicted octanol–water partition coefficient (Wildman–Crippen LogP) is 2.99. The third-order valence-corrected chi connectivity index (χ3v) is 4.42. The fourth-order valence-corrected chi connectivity index (χ4v) is 3.09. The molecule has 2 N–H and O–H groups in total. The van der Waals surface area contributed by atoms with Crippen molar-refractivity contribution >= 4 is 17.0 Å². The van der Waals surface area contributed by atoms with Crippen molar-refractivity contribution in [2.45, 2.75) is 26.3 Å². The van der Waals surface area contributed by atoms with E-state index in [4.69, 9.17) is 24.9 Å². The average Bonchev–Trinajstić information content (AvgIpc) is 3.06. The second-order valence-electron chi connectivity index (χ2n) is 6.16. The summed E-state index contributed by atoms with van der Waals surface area (Å²) in [6.07, 6.45) is 7.18. The molecule has 3 aromatic rings. The highest BCUT2D eigenvalue weighted by Gasteiger charge is 2.18. The van der Waals surface area contributed by atoms with E-state index >= 15 is 0 Å². The molecule has 0 aliphatic rings. The van der Waals surface area contributed by atoms with Crippen LogP contribution in [0.2, 0.25) is 0 Å². The van der Waals surface area contributed by atoms with Crippen molar-refractivity contribution in [3.05, 3.63) is 42.0 Å². The molecule has 0 amide bonds. The molecular weight excluding hydrogens is 358 g/mol. The molecule has 0 fully saturated rings. The molecule has 3 rings (SSSR count).